The Kier molecular flexibility index (Phi) is 6.55. The van der Waals surface area contributed by atoms with Crippen LogP contribution in [0.3, 0.4) is 0 Å². The lowest BCUT2D eigenvalue weighted by Gasteiger charge is -2.08. The summed E-state index contributed by atoms with van der Waals surface area (Å²) in [6.45, 7) is 0.219. The zero-order chi connectivity index (χ0) is 18.3. The van der Waals surface area contributed by atoms with Crippen LogP contribution in [0.4, 0.5) is 0 Å². The van der Waals surface area contributed by atoms with Crippen LogP contribution >= 0.6 is 0 Å². The second-order valence-corrected chi connectivity index (χ2v) is 7.37. The molecule has 2 rings (SSSR count). The van der Waals surface area contributed by atoms with Gasteiger partial charge in [-0.2, -0.15) is 0 Å². The third-order valence-electron chi connectivity index (χ3n) is 3.51. The Balaban J connectivity index is 2.00. The van der Waals surface area contributed by atoms with Gasteiger partial charge in [-0.3, -0.25) is 0 Å². The molecular formula is C18H20O6S. The van der Waals surface area contributed by atoms with Crippen LogP contribution in [0.25, 0.3) is 0 Å². The predicted molar refractivity (Wildman–Crippen MR) is 92.5 cm³/mol. The van der Waals surface area contributed by atoms with Gasteiger partial charge in [-0.15, -0.1) is 0 Å². The maximum absolute atomic E-state index is 12.1. The molecule has 0 atom stereocenters. The summed E-state index contributed by atoms with van der Waals surface area (Å²) in [5, 5.41) is 0. The van der Waals surface area contributed by atoms with Crippen LogP contribution in [0.1, 0.15) is 15.9 Å². The van der Waals surface area contributed by atoms with Gasteiger partial charge in [0.25, 0.3) is 0 Å². The van der Waals surface area contributed by atoms with Crippen molar-refractivity contribution in [1.82, 2.24) is 0 Å². The van der Waals surface area contributed by atoms with Crippen molar-refractivity contribution in [2.75, 3.05) is 26.6 Å². The molecule has 0 fully saturated rings. The standard InChI is InChI=1S/C18H20O6S/c1-22-10-11-25(20,21)17-8-6-15(7-9-17)18(19)24-13-14-4-3-5-16(12-14)23-2/h3-9,12H,10-11,13H2,1-2H3. The van der Waals surface area contributed by atoms with Crippen LogP contribution in [0, 0.1) is 0 Å². The summed E-state index contributed by atoms with van der Waals surface area (Å²) in [5.74, 6) is 0.0474. The van der Waals surface area contributed by atoms with Gasteiger partial charge in [0, 0.05) is 7.11 Å². The third-order valence-corrected chi connectivity index (χ3v) is 5.20. The monoisotopic (exact) mass is 364 g/mol. The van der Waals surface area contributed by atoms with Crippen LogP contribution in [0.2, 0.25) is 0 Å². The molecule has 6 nitrogen and oxygen atoms in total. The average Bonchev–Trinajstić information content (AvgIpc) is 2.64. The minimum Gasteiger partial charge on any atom is -0.497 e. The fourth-order valence-electron chi connectivity index (χ4n) is 2.10. The van der Waals surface area contributed by atoms with Crippen LogP contribution in [-0.4, -0.2) is 41.0 Å². The van der Waals surface area contributed by atoms with Crippen LogP contribution < -0.4 is 4.74 Å². The predicted octanol–water partition coefficient (Wildman–Crippen LogP) is 2.47. The van der Waals surface area contributed by atoms with E-state index in [-0.39, 0.29) is 29.4 Å². The van der Waals surface area contributed by atoms with Crippen molar-refractivity contribution in [3.05, 3.63) is 59.7 Å². The first kappa shape index (κ1) is 19.0. The quantitative estimate of drug-likeness (QED) is 0.670. The van der Waals surface area contributed by atoms with E-state index in [1.807, 2.05) is 12.1 Å². The van der Waals surface area contributed by atoms with E-state index in [1.165, 1.54) is 31.4 Å². The Hall–Kier alpha value is -2.38. The van der Waals surface area contributed by atoms with E-state index in [4.69, 9.17) is 14.2 Å². The highest BCUT2D eigenvalue weighted by Gasteiger charge is 2.15. The molecule has 0 N–H and O–H groups in total. The average molecular weight is 364 g/mol. The number of hydrogen-bond donors (Lipinski definition) is 0. The van der Waals surface area contributed by atoms with E-state index in [0.29, 0.717) is 5.75 Å². The minimum atomic E-state index is -3.42. The highest BCUT2D eigenvalue weighted by molar-refractivity contribution is 7.91. The van der Waals surface area contributed by atoms with Crippen LogP contribution in [0.15, 0.2) is 53.4 Å². The summed E-state index contributed by atoms with van der Waals surface area (Å²) in [6, 6.07) is 12.9. The SMILES string of the molecule is COCCS(=O)(=O)c1ccc(C(=O)OCc2cccc(OC)c2)cc1. The Morgan fingerprint density at radius 2 is 1.76 bits per heavy atom. The summed E-state index contributed by atoms with van der Waals surface area (Å²) < 4.78 is 39.2. The van der Waals surface area contributed by atoms with Crippen molar-refractivity contribution in [3.63, 3.8) is 0 Å². The van der Waals surface area contributed by atoms with Crippen LogP contribution in [-0.2, 0) is 25.9 Å². The minimum absolute atomic E-state index is 0.101. The Labute approximate surface area is 147 Å². The molecule has 0 radical (unpaired) electrons. The maximum atomic E-state index is 12.1. The number of hydrogen-bond acceptors (Lipinski definition) is 6. The van der Waals surface area contributed by atoms with Gasteiger partial charge in [0.1, 0.15) is 12.4 Å². The van der Waals surface area contributed by atoms with Crippen molar-refractivity contribution >= 4 is 15.8 Å². The molecule has 7 heteroatoms. The number of carbonyl (C=O) groups is 1. The Morgan fingerprint density at radius 1 is 1.04 bits per heavy atom. The highest BCUT2D eigenvalue weighted by Crippen LogP contribution is 2.16. The summed E-state index contributed by atoms with van der Waals surface area (Å²) in [6.07, 6.45) is 0. The molecular weight excluding hydrogens is 344 g/mol. The third kappa shape index (κ3) is 5.30. The lowest BCUT2D eigenvalue weighted by Crippen LogP contribution is -2.12. The summed E-state index contributed by atoms with van der Waals surface area (Å²) in [4.78, 5) is 12.2. The molecule has 0 aliphatic heterocycles. The van der Waals surface area contributed by atoms with E-state index in [0.717, 1.165) is 5.56 Å². The summed E-state index contributed by atoms with van der Waals surface area (Å²) >= 11 is 0. The number of rotatable bonds is 8. The van der Waals surface area contributed by atoms with Gasteiger partial charge in [0.05, 0.1) is 29.9 Å². The lowest BCUT2D eigenvalue weighted by atomic mass is 10.2. The molecule has 0 saturated carbocycles. The Morgan fingerprint density at radius 3 is 2.40 bits per heavy atom. The van der Waals surface area contributed by atoms with Gasteiger partial charge in [0.15, 0.2) is 9.84 Å². The molecule has 0 spiro atoms. The highest BCUT2D eigenvalue weighted by atomic mass is 32.2. The number of methoxy groups -OCH3 is 2. The molecule has 25 heavy (non-hydrogen) atoms. The van der Waals surface area contributed by atoms with E-state index in [9.17, 15) is 13.2 Å². The number of benzene rings is 2. The topological polar surface area (TPSA) is 78.9 Å². The van der Waals surface area contributed by atoms with Crippen LogP contribution in [0.5, 0.6) is 5.75 Å². The van der Waals surface area contributed by atoms with Crippen molar-refractivity contribution in [2.45, 2.75) is 11.5 Å². The second-order valence-electron chi connectivity index (χ2n) is 5.26. The molecule has 0 unspecified atom stereocenters. The molecule has 2 aromatic rings. The molecule has 134 valence electrons. The smallest absolute Gasteiger partial charge is 0.338 e. The molecule has 0 aliphatic carbocycles. The number of ether oxygens (including phenoxy) is 3. The molecule has 2 aromatic carbocycles. The summed E-state index contributed by atoms with van der Waals surface area (Å²) in [5.41, 5.74) is 1.08. The molecule has 0 saturated heterocycles. The lowest BCUT2D eigenvalue weighted by molar-refractivity contribution is 0.0472. The van der Waals surface area contributed by atoms with Crippen molar-refractivity contribution < 1.29 is 27.4 Å². The molecule has 0 aromatic heterocycles. The van der Waals surface area contributed by atoms with E-state index in [2.05, 4.69) is 0 Å². The number of esters is 1. The van der Waals surface area contributed by atoms with Gasteiger partial charge < -0.3 is 14.2 Å². The normalized spacial score (nSPS) is 11.1. The summed E-state index contributed by atoms with van der Waals surface area (Å²) in [7, 11) is -0.415. The van der Waals surface area contributed by atoms with Gasteiger partial charge >= 0.3 is 5.97 Å². The second kappa shape index (κ2) is 8.64. The van der Waals surface area contributed by atoms with E-state index in [1.54, 1.807) is 19.2 Å². The fraction of sp³-hybridized carbons (Fsp3) is 0.278. The van der Waals surface area contributed by atoms with Gasteiger partial charge in [-0.1, -0.05) is 12.1 Å². The first-order valence-corrected chi connectivity index (χ1v) is 9.23. The molecule has 0 amide bonds. The zero-order valence-corrected chi connectivity index (χ0v) is 14.9. The number of carbonyl (C=O) groups excluding carboxylic acids is 1. The maximum Gasteiger partial charge on any atom is 0.338 e. The first-order chi connectivity index (χ1) is 12.0. The zero-order valence-electron chi connectivity index (χ0n) is 14.1. The fourth-order valence-corrected chi connectivity index (χ4v) is 3.28. The van der Waals surface area contributed by atoms with Gasteiger partial charge in [0.2, 0.25) is 0 Å². The van der Waals surface area contributed by atoms with Crippen molar-refractivity contribution in [3.8, 4) is 5.75 Å². The molecule has 0 heterocycles. The van der Waals surface area contributed by atoms with Gasteiger partial charge in [-0.05, 0) is 42.0 Å². The molecule has 0 aliphatic rings. The Bertz CT molecular complexity index is 812. The number of sulfone groups is 1. The largest absolute Gasteiger partial charge is 0.497 e. The van der Waals surface area contributed by atoms with E-state index < -0.39 is 15.8 Å². The molecule has 0 bridgehead atoms. The van der Waals surface area contributed by atoms with Crippen molar-refractivity contribution in [1.29, 1.82) is 0 Å². The first-order valence-electron chi connectivity index (χ1n) is 7.58. The van der Waals surface area contributed by atoms with Crippen molar-refractivity contribution in [2.24, 2.45) is 0 Å². The van der Waals surface area contributed by atoms with Gasteiger partial charge in [-0.25, -0.2) is 13.2 Å². The van der Waals surface area contributed by atoms with E-state index >= 15 is 0 Å².